The van der Waals surface area contributed by atoms with Crippen molar-refractivity contribution in [3.63, 3.8) is 0 Å². The zero-order chi connectivity index (χ0) is 19.7. The van der Waals surface area contributed by atoms with Gasteiger partial charge in [0.25, 0.3) is 0 Å². The molecule has 1 heterocycles. The number of anilines is 1. The normalized spacial score (nSPS) is 17.6. The minimum atomic E-state index is -3.54. The summed E-state index contributed by atoms with van der Waals surface area (Å²) in [6.07, 6.45) is 1.49. The lowest BCUT2D eigenvalue weighted by molar-refractivity contribution is 0.372. The summed E-state index contributed by atoms with van der Waals surface area (Å²) >= 11 is 0. The summed E-state index contributed by atoms with van der Waals surface area (Å²) in [4.78, 5) is 0. The average molecular weight is 408 g/mol. The van der Waals surface area contributed by atoms with Gasteiger partial charge in [-0.05, 0) is 30.2 Å². The number of hydrogen-bond acceptors (Lipinski definition) is 5. The van der Waals surface area contributed by atoms with Crippen LogP contribution in [0.2, 0.25) is 0 Å². The van der Waals surface area contributed by atoms with Crippen LogP contribution < -0.4 is 4.72 Å². The minimum absolute atomic E-state index is 0.0528. The van der Waals surface area contributed by atoms with Gasteiger partial charge in [0.1, 0.15) is 0 Å². The van der Waals surface area contributed by atoms with Crippen LogP contribution >= 0.6 is 0 Å². The van der Waals surface area contributed by atoms with E-state index < -0.39 is 26.1 Å². The molecule has 1 atom stereocenters. The van der Waals surface area contributed by atoms with Crippen molar-refractivity contribution >= 4 is 31.4 Å². The Morgan fingerprint density at radius 2 is 1.78 bits per heavy atom. The zero-order valence-electron chi connectivity index (χ0n) is 15.0. The van der Waals surface area contributed by atoms with Gasteiger partial charge in [-0.25, -0.2) is 16.8 Å². The van der Waals surface area contributed by atoms with E-state index in [1.807, 2.05) is 30.3 Å². The Bertz CT molecular complexity index is 1060. The van der Waals surface area contributed by atoms with Gasteiger partial charge in [0.2, 0.25) is 20.0 Å². The van der Waals surface area contributed by atoms with Crippen LogP contribution in [-0.2, 0) is 20.0 Å². The monoisotopic (exact) mass is 407 g/mol. The molecule has 9 heteroatoms. The van der Waals surface area contributed by atoms with Gasteiger partial charge in [-0.2, -0.15) is 9.52 Å². The molecule has 27 heavy (non-hydrogen) atoms. The van der Waals surface area contributed by atoms with Gasteiger partial charge >= 0.3 is 0 Å². The van der Waals surface area contributed by atoms with E-state index in [4.69, 9.17) is 0 Å². The first-order chi connectivity index (χ1) is 12.7. The first-order valence-corrected chi connectivity index (χ1v) is 11.9. The Balaban J connectivity index is 1.99. The molecule has 7 nitrogen and oxygen atoms in total. The van der Waals surface area contributed by atoms with Gasteiger partial charge in [-0.1, -0.05) is 42.5 Å². The Morgan fingerprint density at radius 1 is 1.07 bits per heavy atom. The van der Waals surface area contributed by atoms with E-state index in [-0.39, 0.29) is 5.75 Å². The number of rotatable bonds is 6. The Kier molecular flexibility index (Phi) is 5.25. The fourth-order valence-electron chi connectivity index (χ4n) is 2.95. The molecular weight excluding hydrogens is 386 g/mol. The van der Waals surface area contributed by atoms with Crippen LogP contribution in [0.15, 0.2) is 59.7 Å². The molecule has 0 saturated heterocycles. The van der Waals surface area contributed by atoms with E-state index in [0.29, 0.717) is 23.4 Å². The predicted molar refractivity (Wildman–Crippen MR) is 107 cm³/mol. The number of hydrazone groups is 1. The fraction of sp³-hybridized carbons (Fsp3) is 0.278. The molecule has 0 unspecified atom stereocenters. The molecular formula is C18H21N3O4S2. The smallest absolute Gasteiger partial charge is 0.250 e. The highest BCUT2D eigenvalue weighted by atomic mass is 32.2. The molecule has 0 amide bonds. The number of nitrogens with zero attached hydrogens (tertiary/aromatic N) is 2. The number of benzene rings is 2. The second kappa shape index (κ2) is 7.32. The maximum Gasteiger partial charge on any atom is 0.250 e. The predicted octanol–water partition coefficient (Wildman–Crippen LogP) is 2.56. The van der Waals surface area contributed by atoms with Gasteiger partial charge < -0.3 is 0 Å². The number of sulfonamides is 2. The first-order valence-electron chi connectivity index (χ1n) is 8.42. The molecule has 1 N–H and O–H groups in total. The lowest BCUT2D eigenvalue weighted by Crippen LogP contribution is -2.28. The summed E-state index contributed by atoms with van der Waals surface area (Å²) in [6.45, 7) is 1.58. The molecule has 0 aromatic heterocycles. The molecule has 0 spiro atoms. The molecule has 2 aromatic rings. The number of nitrogens with one attached hydrogen (secondary N) is 1. The van der Waals surface area contributed by atoms with Crippen molar-refractivity contribution in [2.24, 2.45) is 5.10 Å². The Hall–Kier alpha value is -2.39. The molecule has 0 radical (unpaired) electrons. The van der Waals surface area contributed by atoms with Crippen molar-refractivity contribution in [3.8, 4) is 0 Å². The highest BCUT2D eigenvalue weighted by molar-refractivity contribution is 7.92. The van der Waals surface area contributed by atoms with E-state index in [1.165, 1.54) is 4.41 Å². The van der Waals surface area contributed by atoms with Crippen LogP contribution in [0.5, 0.6) is 0 Å². The Morgan fingerprint density at radius 3 is 2.41 bits per heavy atom. The second-order valence-electron chi connectivity index (χ2n) is 6.31. The lowest BCUT2D eigenvalue weighted by atomic mass is 9.99. The van der Waals surface area contributed by atoms with E-state index in [9.17, 15) is 16.8 Å². The third kappa shape index (κ3) is 4.48. The van der Waals surface area contributed by atoms with Crippen molar-refractivity contribution in [3.05, 3.63) is 65.7 Å². The standard InChI is InChI=1S/C18H21N3O4S2/c1-3-27(24,25)21-18(14-8-5-4-6-9-14)13-17(19-21)15-10-7-11-16(12-15)20-26(2,22)23/h4-12,18,20H,3,13H2,1-2H3/t18-/m1/s1. The van der Waals surface area contributed by atoms with Gasteiger partial charge in [-0.15, -0.1) is 0 Å². The van der Waals surface area contributed by atoms with Crippen LogP contribution in [-0.4, -0.2) is 39.0 Å². The molecule has 3 rings (SSSR count). The molecule has 0 bridgehead atoms. The number of hydrogen-bond donors (Lipinski definition) is 1. The van der Waals surface area contributed by atoms with Crippen LogP contribution in [0, 0.1) is 0 Å². The van der Waals surface area contributed by atoms with E-state index in [1.54, 1.807) is 31.2 Å². The third-order valence-corrected chi connectivity index (χ3v) is 6.45. The zero-order valence-corrected chi connectivity index (χ0v) is 16.7. The quantitative estimate of drug-likeness (QED) is 0.796. The Labute approximate surface area is 159 Å². The molecule has 2 aromatic carbocycles. The van der Waals surface area contributed by atoms with Crippen molar-refractivity contribution in [1.82, 2.24) is 4.41 Å². The summed E-state index contributed by atoms with van der Waals surface area (Å²) in [5.74, 6) is -0.0528. The summed E-state index contributed by atoms with van der Waals surface area (Å²) in [7, 11) is -6.95. The van der Waals surface area contributed by atoms with E-state index in [2.05, 4.69) is 9.82 Å². The van der Waals surface area contributed by atoms with E-state index >= 15 is 0 Å². The molecule has 0 aliphatic carbocycles. The van der Waals surface area contributed by atoms with Crippen molar-refractivity contribution in [2.75, 3.05) is 16.7 Å². The largest absolute Gasteiger partial charge is 0.284 e. The summed E-state index contributed by atoms with van der Waals surface area (Å²) in [5, 5.41) is 4.38. The summed E-state index contributed by atoms with van der Waals surface area (Å²) in [6, 6.07) is 15.7. The molecule has 1 aliphatic heterocycles. The molecule has 144 valence electrons. The fourth-order valence-corrected chi connectivity index (χ4v) is 4.58. The van der Waals surface area contributed by atoms with Gasteiger partial charge in [0, 0.05) is 12.1 Å². The second-order valence-corrected chi connectivity index (χ2v) is 10.2. The van der Waals surface area contributed by atoms with Crippen LogP contribution in [0.4, 0.5) is 5.69 Å². The lowest BCUT2D eigenvalue weighted by Gasteiger charge is -2.22. The van der Waals surface area contributed by atoms with Crippen molar-refractivity contribution < 1.29 is 16.8 Å². The van der Waals surface area contributed by atoms with Crippen molar-refractivity contribution in [1.29, 1.82) is 0 Å². The summed E-state index contributed by atoms with van der Waals surface area (Å²) < 4.78 is 51.6. The average Bonchev–Trinajstić information content (AvgIpc) is 3.08. The summed E-state index contributed by atoms with van der Waals surface area (Å²) in [5.41, 5.74) is 2.54. The molecule has 0 fully saturated rings. The minimum Gasteiger partial charge on any atom is -0.284 e. The van der Waals surface area contributed by atoms with Crippen LogP contribution in [0.3, 0.4) is 0 Å². The maximum atomic E-state index is 12.5. The highest BCUT2D eigenvalue weighted by Crippen LogP contribution is 2.35. The highest BCUT2D eigenvalue weighted by Gasteiger charge is 2.35. The van der Waals surface area contributed by atoms with Crippen LogP contribution in [0.25, 0.3) is 0 Å². The van der Waals surface area contributed by atoms with Crippen molar-refractivity contribution in [2.45, 2.75) is 19.4 Å². The van der Waals surface area contributed by atoms with E-state index in [0.717, 1.165) is 11.8 Å². The van der Waals surface area contributed by atoms with Gasteiger partial charge in [0.15, 0.2) is 0 Å². The first kappa shape index (κ1) is 19.4. The third-order valence-electron chi connectivity index (χ3n) is 4.21. The maximum absolute atomic E-state index is 12.5. The van der Waals surface area contributed by atoms with Crippen LogP contribution in [0.1, 0.15) is 30.5 Å². The SMILES string of the molecule is CCS(=O)(=O)N1N=C(c2cccc(NS(C)(=O)=O)c2)C[C@@H]1c1ccccc1. The topological polar surface area (TPSA) is 95.9 Å². The van der Waals surface area contributed by atoms with Gasteiger partial charge in [-0.3, -0.25) is 4.72 Å². The molecule has 1 aliphatic rings. The van der Waals surface area contributed by atoms with Gasteiger partial charge in [0.05, 0.1) is 23.8 Å². The molecule has 0 saturated carbocycles.